The quantitative estimate of drug-likeness (QED) is 0.630. The third-order valence-electron chi connectivity index (χ3n) is 3.29. The summed E-state index contributed by atoms with van der Waals surface area (Å²) >= 11 is 12.0. The van der Waals surface area contributed by atoms with Gasteiger partial charge in [-0.25, -0.2) is 9.37 Å². The van der Waals surface area contributed by atoms with E-state index in [1.165, 1.54) is 24.4 Å². The van der Waals surface area contributed by atoms with Gasteiger partial charge in [0.1, 0.15) is 11.5 Å². The molecule has 0 atom stereocenters. The topological polar surface area (TPSA) is 54.0 Å². The predicted molar refractivity (Wildman–Crippen MR) is 98.3 cm³/mol. The Balaban J connectivity index is 1.70. The van der Waals surface area contributed by atoms with Gasteiger partial charge in [0, 0.05) is 10.7 Å². The van der Waals surface area contributed by atoms with Gasteiger partial charge in [-0.1, -0.05) is 29.3 Å². The second-order valence-electron chi connectivity index (χ2n) is 5.15. The number of carbonyl (C=O) groups excluding carboxylic acids is 1. The molecule has 2 aromatic carbocycles. The van der Waals surface area contributed by atoms with Crippen LogP contribution in [0.3, 0.4) is 0 Å². The van der Waals surface area contributed by atoms with Gasteiger partial charge in [-0.2, -0.15) is 0 Å². The summed E-state index contributed by atoms with van der Waals surface area (Å²) in [5, 5.41) is 6.69. The van der Waals surface area contributed by atoms with E-state index in [0.29, 0.717) is 27.1 Å². The van der Waals surface area contributed by atoms with E-state index in [9.17, 15) is 9.18 Å². The maximum absolute atomic E-state index is 13.1. The van der Waals surface area contributed by atoms with Gasteiger partial charge >= 0.3 is 0 Å². The first-order valence-electron chi connectivity index (χ1n) is 7.26. The van der Waals surface area contributed by atoms with Crippen molar-refractivity contribution in [2.45, 2.75) is 0 Å². The fourth-order valence-corrected chi connectivity index (χ4v) is 2.57. The maximum Gasteiger partial charge on any atom is 0.274 e. The third-order valence-corrected chi connectivity index (χ3v) is 3.84. The second-order valence-corrected chi connectivity index (χ2v) is 5.99. The summed E-state index contributed by atoms with van der Waals surface area (Å²) in [6.45, 7) is 0. The lowest BCUT2D eigenvalue weighted by molar-refractivity contribution is 0.102. The van der Waals surface area contributed by atoms with Gasteiger partial charge in [0.15, 0.2) is 0 Å². The number of hydrogen-bond acceptors (Lipinski definition) is 3. The molecule has 2 N–H and O–H groups in total. The van der Waals surface area contributed by atoms with Gasteiger partial charge < -0.3 is 10.6 Å². The van der Waals surface area contributed by atoms with E-state index < -0.39 is 11.7 Å². The standard InChI is InChI=1S/C18H12Cl2FN3O/c19-11-4-6-16(15(20)8-11)23-14-5-7-17(22-10-14)18(25)24-13-3-1-2-12(21)9-13/h1-10,23H,(H,24,25). The second kappa shape index (κ2) is 7.51. The highest BCUT2D eigenvalue weighted by Gasteiger charge is 2.09. The Kier molecular flexibility index (Phi) is 5.16. The van der Waals surface area contributed by atoms with E-state index in [2.05, 4.69) is 15.6 Å². The zero-order valence-electron chi connectivity index (χ0n) is 12.8. The first-order chi connectivity index (χ1) is 12.0. The number of anilines is 3. The molecule has 0 saturated heterocycles. The monoisotopic (exact) mass is 375 g/mol. The first-order valence-corrected chi connectivity index (χ1v) is 8.02. The number of nitrogens with zero attached hydrogens (tertiary/aromatic N) is 1. The smallest absolute Gasteiger partial charge is 0.274 e. The summed E-state index contributed by atoms with van der Waals surface area (Å²) in [6, 6.07) is 14.0. The Morgan fingerprint density at radius 3 is 2.52 bits per heavy atom. The van der Waals surface area contributed by atoms with Crippen molar-refractivity contribution in [3.8, 4) is 0 Å². The Hall–Kier alpha value is -2.63. The molecule has 0 bridgehead atoms. The minimum Gasteiger partial charge on any atom is -0.353 e. The highest BCUT2D eigenvalue weighted by atomic mass is 35.5. The molecule has 0 aliphatic rings. The normalized spacial score (nSPS) is 10.4. The lowest BCUT2D eigenvalue weighted by atomic mass is 10.2. The van der Waals surface area contributed by atoms with Crippen molar-refractivity contribution >= 4 is 46.2 Å². The number of pyridine rings is 1. The van der Waals surface area contributed by atoms with Crippen molar-refractivity contribution in [1.82, 2.24) is 4.98 Å². The molecule has 0 spiro atoms. The average Bonchev–Trinajstić information content (AvgIpc) is 2.58. The van der Waals surface area contributed by atoms with Crippen molar-refractivity contribution < 1.29 is 9.18 Å². The van der Waals surface area contributed by atoms with Crippen LogP contribution in [0.25, 0.3) is 0 Å². The fraction of sp³-hybridized carbons (Fsp3) is 0. The van der Waals surface area contributed by atoms with E-state index in [-0.39, 0.29) is 5.69 Å². The van der Waals surface area contributed by atoms with Crippen LogP contribution in [0.4, 0.5) is 21.5 Å². The van der Waals surface area contributed by atoms with Gasteiger partial charge in [0.2, 0.25) is 0 Å². The number of halogens is 3. The summed E-state index contributed by atoms with van der Waals surface area (Å²) in [4.78, 5) is 16.2. The maximum atomic E-state index is 13.1. The van der Waals surface area contributed by atoms with Crippen LogP contribution >= 0.6 is 23.2 Å². The molecule has 1 heterocycles. The average molecular weight is 376 g/mol. The van der Waals surface area contributed by atoms with E-state index in [0.717, 1.165) is 0 Å². The van der Waals surface area contributed by atoms with Crippen LogP contribution in [0.2, 0.25) is 10.0 Å². The zero-order valence-corrected chi connectivity index (χ0v) is 14.3. The van der Waals surface area contributed by atoms with Crippen LogP contribution in [0.1, 0.15) is 10.5 Å². The summed E-state index contributed by atoms with van der Waals surface area (Å²) in [5.74, 6) is -0.855. The van der Waals surface area contributed by atoms with Crippen LogP contribution in [0.15, 0.2) is 60.8 Å². The van der Waals surface area contributed by atoms with Gasteiger partial charge in [0.25, 0.3) is 5.91 Å². The Morgan fingerprint density at radius 2 is 1.84 bits per heavy atom. The summed E-state index contributed by atoms with van der Waals surface area (Å²) in [7, 11) is 0. The molecule has 1 aromatic heterocycles. The van der Waals surface area contributed by atoms with Gasteiger partial charge in [0.05, 0.1) is 22.6 Å². The Bertz CT molecular complexity index is 916. The van der Waals surface area contributed by atoms with E-state index in [4.69, 9.17) is 23.2 Å². The molecule has 0 saturated carbocycles. The van der Waals surface area contributed by atoms with Gasteiger partial charge in [-0.3, -0.25) is 4.79 Å². The molecule has 0 aliphatic carbocycles. The molecule has 4 nitrogen and oxygen atoms in total. The summed E-state index contributed by atoms with van der Waals surface area (Å²) in [6.07, 6.45) is 1.51. The highest BCUT2D eigenvalue weighted by molar-refractivity contribution is 6.36. The number of benzene rings is 2. The van der Waals surface area contributed by atoms with Crippen LogP contribution < -0.4 is 10.6 Å². The molecule has 0 unspecified atom stereocenters. The zero-order chi connectivity index (χ0) is 17.8. The lowest BCUT2D eigenvalue weighted by Crippen LogP contribution is -2.13. The molecule has 1 amide bonds. The number of hydrogen-bond donors (Lipinski definition) is 2. The van der Waals surface area contributed by atoms with Crippen LogP contribution in [0, 0.1) is 5.82 Å². The molecule has 25 heavy (non-hydrogen) atoms. The van der Waals surface area contributed by atoms with Crippen molar-refractivity contribution in [3.63, 3.8) is 0 Å². The third kappa shape index (κ3) is 4.47. The van der Waals surface area contributed by atoms with Crippen LogP contribution in [0.5, 0.6) is 0 Å². The molecule has 3 aromatic rings. The number of amides is 1. The number of nitrogens with one attached hydrogen (secondary N) is 2. The molecule has 0 radical (unpaired) electrons. The molecular weight excluding hydrogens is 364 g/mol. The minimum absolute atomic E-state index is 0.206. The fourth-order valence-electron chi connectivity index (χ4n) is 2.11. The molecular formula is C18H12Cl2FN3O. The van der Waals surface area contributed by atoms with Gasteiger partial charge in [-0.15, -0.1) is 0 Å². The molecule has 7 heteroatoms. The van der Waals surface area contributed by atoms with Crippen molar-refractivity contribution in [2.75, 3.05) is 10.6 Å². The lowest BCUT2D eigenvalue weighted by Gasteiger charge is -2.09. The predicted octanol–water partition coefficient (Wildman–Crippen LogP) is 5.52. The largest absolute Gasteiger partial charge is 0.353 e. The van der Waals surface area contributed by atoms with Crippen LogP contribution in [-0.2, 0) is 0 Å². The highest BCUT2D eigenvalue weighted by Crippen LogP contribution is 2.28. The number of carbonyl (C=O) groups is 1. The minimum atomic E-state index is -0.429. The number of rotatable bonds is 4. The van der Waals surface area contributed by atoms with Crippen molar-refractivity contribution in [3.05, 3.63) is 82.4 Å². The van der Waals surface area contributed by atoms with Gasteiger partial charge in [-0.05, 0) is 48.5 Å². The molecule has 126 valence electrons. The Labute approximate surface area is 153 Å². The summed E-state index contributed by atoms with van der Waals surface area (Å²) in [5.41, 5.74) is 1.90. The van der Waals surface area contributed by atoms with E-state index in [1.54, 1.807) is 36.4 Å². The summed E-state index contributed by atoms with van der Waals surface area (Å²) < 4.78 is 13.1. The molecule has 0 fully saturated rings. The van der Waals surface area contributed by atoms with E-state index in [1.807, 2.05) is 0 Å². The molecule has 3 rings (SSSR count). The Morgan fingerprint density at radius 1 is 1.00 bits per heavy atom. The SMILES string of the molecule is O=C(Nc1cccc(F)c1)c1ccc(Nc2ccc(Cl)cc2Cl)cn1. The van der Waals surface area contributed by atoms with Crippen LogP contribution in [-0.4, -0.2) is 10.9 Å². The number of aromatic nitrogens is 1. The first kappa shape index (κ1) is 17.2. The molecule has 0 aliphatic heterocycles. The van der Waals surface area contributed by atoms with Crippen molar-refractivity contribution in [2.24, 2.45) is 0 Å². The van der Waals surface area contributed by atoms with Crippen molar-refractivity contribution in [1.29, 1.82) is 0 Å². The van der Waals surface area contributed by atoms with E-state index >= 15 is 0 Å².